The highest BCUT2D eigenvalue weighted by Crippen LogP contribution is 2.42. The van der Waals surface area contributed by atoms with E-state index in [4.69, 9.17) is 0 Å². The zero-order valence-corrected chi connectivity index (χ0v) is 7.93. The molecular weight excluding hydrogens is 134 g/mol. The van der Waals surface area contributed by atoms with Crippen molar-refractivity contribution in [1.29, 1.82) is 0 Å². The van der Waals surface area contributed by atoms with Gasteiger partial charge in [-0.25, -0.2) is 0 Å². The maximum Gasteiger partial charge on any atom is 0.0127 e. The van der Waals surface area contributed by atoms with Gasteiger partial charge in [0.05, 0.1) is 0 Å². The summed E-state index contributed by atoms with van der Waals surface area (Å²) in [7, 11) is 0. The van der Waals surface area contributed by atoms with Crippen LogP contribution in [0, 0.1) is 5.92 Å². The Morgan fingerprint density at radius 2 is 1.82 bits per heavy atom. The van der Waals surface area contributed by atoms with Crippen molar-refractivity contribution in [2.75, 3.05) is 6.54 Å². The average molecular weight is 153 g/mol. The van der Waals surface area contributed by atoms with Crippen molar-refractivity contribution >= 4 is 0 Å². The topological polar surface area (TPSA) is 3.24 Å². The third kappa shape index (κ3) is 1.20. The van der Waals surface area contributed by atoms with Crippen LogP contribution in [0.2, 0.25) is 0 Å². The molecule has 0 spiro atoms. The molecule has 0 N–H and O–H groups in total. The lowest BCUT2D eigenvalue weighted by Gasteiger charge is -2.54. The highest BCUT2D eigenvalue weighted by atomic mass is 15.2. The molecule has 3 fully saturated rings. The predicted molar refractivity (Wildman–Crippen MR) is 47.6 cm³/mol. The molecule has 0 aromatic carbocycles. The average Bonchev–Trinajstić information content (AvgIpc) is 1.84. The van der Waals surface area contributed by atoms with Gasteiger partial charge in [0, 0.05) is 11.6 Å². The van der Waals surface area contributed by atoms with Gasteiger partial charge in [-0.1, -0.05) is 0 Å². The Balaban J connectivity index is 2.03. The van der Waals surface area contributed by atoms with Gasteiger partial charge in [0.15, 0.2) is 0 Å². The van der Waals surface area contributed by atoms with Crippen molar-refractivity contribution in [1.82, 2.24) is 4.90 Å². The Hall–Kier alpha value is -0.0400. The molecule has 0 atom stereocenters. The van der Waals surface area contributed by atoms with Crippen molar-refractivity contribution in [3.8, 4) is 0 Å². The molecule has 0 amide bonds. The predicted octanol–water partition coefficient (Wildman–Crippen LogP) is 2.27. The van der Waals surface area contributed by atoms with Crippen LogP contribution in [-0.4, -0.2) is 23.0 Å². The summed E-state index contributed by atoms with van der Waals surface area (Å²) in [6.45, 7) is 8.36. The van der Waals surface area contributed by atoms with Gasteiger partial charge in [-0.3, -0.25) is 4.90 Å². The van der Waals surface area contributed by atoms with Crippen LogP contribution in [0.5, 0.6) is 0 Å². The van der Waals surface area contributed by atoms with E-state index in [2.05, 4.69) is 25.7 Å². The molecule has 1 aliphatic carbocycles. The largest absolute Gasteiger partial charge is 0.296 e. The van der Waals surface area contributed by atoms with E-state index in [1.165, 1.54) is 25.8 Å². The lowest BCUT2D eigenvalue weighted by atomic mass is 9.72. The lowest BCUT2D eigenvalue weighted by molar-refractivity contribution is -0.0419. The van der Waals surface area contributed by atoms with E-state index in [0.717, 1.165) is 12.0 Å². The van der Waals surface area contributed by atoms with E-state index >= 15 is 0 Å². The first kappa shape index (κ1) is 7.60. The molecule has 2 saturated heterocycles. The highest BCUT2D eigenvalue weighted by molar-refractivity contribution is 4.97. The number of nitrogens with zero attached hydrogens (tertiary/aromatic N) is 1. The van der Waals surface area contributed by atoms with E-state index < -0.39 is 0 Å². The van der Waals surface area contributed by atoms with Gasteiger partial charge in [0.2, 0.25) is 0 Å². The summed E-state index contributed by atoms with van der Waals surface area (Å²) in [4.78, 5) is 2.69. The van der Waals surface area contributed by atoms with Crippen molar-refractivity contribution in [3.63, 3.8) is 0 Å². The van der Waals surface area contributed by atoms with Gasteiger partial charge in [-0.05, 0) is 52.5 Å². The van der Waals surface area contributed by atoms with E-state index in [0.29, 0.717) is 5.54 Å². The second-order valence-electron chi connectivity index (χ2n) is 5.14. The number of hydrogen-bond acceptors (Lipinski definition) is 1. The van der Waals surface area contributed by atoms with Crippen LogP contribution in [0.1, 0.15) is 40.0 Å². The number of piperidine rings is 2. The minimum absolute atomic E-state index is 0.413. The molecule has 1 nitrogen and oxygen atoms in total. The lowest BCUT2D eigenvalue weighted by Crippen LogP contribution is -2.58. The molecule has 3 aliphatic rings. The van der Waals surface area contributed by atoms with Crippen LogP contribution in [0.25, 0.3) is 0 Å². The molecule has 11 heavy (non-hydrogen) atoms. The third-order valence-electron chi connectivity index (χ3n) is 3.29. The summed E-state index contributed by atoms with van der Waals surface area (Å²) >= 11 is 0. The smallest absolute Gasteiger partial charge is 0.0127 e. The van der Waals surface area contributed by atoms with Crippen molar-refractivity contribution in [3.05, 3.63) is 0 Å². The van der Waals surface area contributed by atoms with Gasteiger partial charge in [0.1, 0.15) is 0 Å². The van der Waals surface area contributed by atoms with Crippen LogP contribution in [-0.2, 0) is 0 Å². The van der Waals surface area contributed by atoms with E-state index in [1.807, 2.05) is 0 Å². The number of hydrogen-bond donors (Lipinski definition) is 0. The molecule has 2 heterocycles. The summed E-state index contributed by atoms with van der Waals surface area (Å²) in [5.41, 5.74) is 0.413. The molecule has 0 aromatic heterocycles. The first-order valence-electron chi connectivity index (χ1n) is 4.84. The molecule has 0 unspecified atom stereocenters. The van der Waals surface area contributed by atoms with Gasteiger partial charge < -0.3 is 0 Å². The Labute approximate surface area is 69.8 Å². The van der Waals surface area contributed by atoms with E-state index in [9.17, 15) is 0 Å². The number of fused-ring (bicyclic) bond motifs is 2. The van der Waals surface area contributed by atoms with Crippen LogP contribution in [0.15, 0.2) is 0 Å². The Morgan fingerprint density at radius 3 is 2.09 bits per heavy atom. The summed E-state index contributed by atoms with van der Waals surface area (Å²) in [5.74, 6) is 1.10. The first-order chi connectivity index (χ1) is 5.07. The summed E-state index contributed by atoms with van der Waals surface area (Å²) in [6, 6.07) is 0.939. The van der Waals surface area contributed by atoms with Crippen LogP contribution >= 0.6 is 0 Å². The van der Waals surface area contributed by atoms with Crippen LogP contribution in [0.4, 0.5) is 0 Å². The second-order valence-corrected chi connectivity index (χ2v) is 5.14. The Morgan fingerprint density at radius 1 is 1.18 bits per heavy atom. The fraction of sp³-hybridized carbons (Fsp3) is 1.00. The third-order valence-corrected chi connectivity index (χ3v) is 3.29. The monoisotopic (exact) mass is 153 g/mol. The fourth-order valence-corrected chi connectivity index (χ4v) is 2.58. The first-order valence-corrected chi connectivity index (χ1v) is 4.84. The summed E-state index contributed by atoms with van der Waals surface area (Å²) in [5, 5.41) is 0. The molecule has 0 aromatic rings. The number of rotatable bonds is 0. The molecule has 2 aliphatic heterocycles. The molecule has 3 rings (SSSR count). The minimum atomic E-state index is 0.413. The van der Waals surface area contributed by atoms with Crippen LogP contribution in [0.3, 0.4) is 0 Å². The molecule has 2 bridgehead atoms. The summed E-state index contributed by atoms with van der Waals surface area (Å²) in [6.07, 6.45) is 4.42. The normalized spacial score (nSPS) is 38.5. The molecule has 1 heteroatoms. The summed E-state index contributed by atoms with van der Waals surface area (Å²) < 4.78 is 0. The standard InChI is InChI=1S/C10H19N/c1-10(2,3)11-5-4-8-6-9(11)7-8/h8-9H,4-7H2,1-3H3. The van der Waals surface area contributed by atoms with Gasteiger partial charge in [0.25, 0.3) is 0 Å². The minimum Gasteiger partial charge on any atom is -0.296 e. The molecule has 1 saturated carbocycles. The second kappa shape index (κ2) is 2.22. The Bertz CT molecular complexity index is 148. The van der Waals surface area contributed by atoms with Crippen molar-refractivity contribution < 1.29 is 0 Å². The van der Waals surface area contributed by atoms with E-state index in [1.54, 1.807) is 0 Å². The quantitative estimate of drug-likeness (QED) is 0.516. The maximum atomic E-state index is 2.69. The highest BCUT2D eigenvalue weighted by Gasteiger charge is 2.42. The van der Waals surface area contributed by atoms with Crippen molar-refractivity contribution in [2.24, 2.45) is 5.92 Å². The molecule has 64 valence electrons. The molecule has 0 radical (unpaired) electrons. The van der Waals surface area contributed by atoms with Gasteiger partial charge in [-0.15, -0.1) is 0 Å². The van der Waals surface area contributed by atoms with E-state index in [-0.39, 0.29) is 0 Å². The molecular formula is C10H19N. The van der Waals surface area contributed by atoms with Gasteiger partial charge in [-0.2, -0.15) is 0 Å². The maximum absolute atomic E-state index is 2.69. The zero-order chi connectivity index (χ0) is 8.06. The van der Waals surface area contributed by atoms with Crippen molar-refractivity contribution in [2.45, 2.75) is 51.6 Å². The van der Waals surface area contributed by atoms with Crippen LogP contribution < -0.4 is 0 Å². The SMILES string of the molecule is CC(C)(C)N1CCC2CC1C2. The fourth-order valence-electron chi connectivity index (χ4n) is 2.58. The zero-order valence-electron chi connectivity index (χ0n) is 7.93. The Kier molecular flexibility index (Phi) is 1.54. The van der Waals surface area contributed by atoms with Gasteiger partial charge >= 0.3 is 0 Å².